The van der Waals surface area contributed by atoms with Crippen LogP contribution in [0.3, 0.4) is 0 Å². The molecule has 0 bridgehead atoms. The molecule has 0 unspecified atom stereocenters. The van der Waals surface area contributed by atoms with Gasteiger partial charge in [-0.2, -0.15) is 24.9 Å². The monoisotopic (exact) mass is 208 g/mol. The average Bonchev–Trinajstić information content (AvgIpc) is 1.87. The number of rotatable bonds is 1. The van der Waals surface area contributed by atoms with Gasteiger partial charge >= 0.3 is 12.1 Å². The molecule has 3 N–H and O–H groups in total. The highest BCUT2D eigenvalue weighted by Gasteiger charge is 2.38. The molecule has 0 amide bonds. The molecule has 3 nitrogen and oxygen atoms in total. The molecule has 0 heterocycles. The summed E-state index contributed by atoms with van der Waals surface area (Å²) in [5, 5.41) is 7.12. The lowest BCUT2D eigenvalue weighted by atomic mass is 10.7. The molecule has 76 valence electrons. The predicted octanol–water partition coefficient (Wildman–Crippen LogP) is 1.18. The molecule has 0 aliphatic carbocycles. The summed E-state index contributed by atoms with van der Waals surface area (Å²) in [4.78, 5) is 8.90. The van der Waals surface area contributed by atoms with Gasteiger partial charge in [-0.15, -0.1) is 0 Å². The van der Waals surface area contributed by atoms with Gasteiger partial charge in [0.05, 0.1) is 0 Å². The topological polar surface area (TPSA) is 68.8 Å². The number of carboxylic acid groups (broad SMARTS) is 1. The zero-order valence-corrected chi connectivity index (χ0v) is 7.42. The number of hydrogen-bond donors (Lipinski definition) is 1. The molecule has 0 radical (unpaired) electrons. The van der Waals surface area contributed by atoms with Crippen LogP contribution in [-0.4, -0.2) is 34.7 Å². The molecule has 0 spiro atoms. The molecular formula is C5H11F3O3S. The van der Waals surface area contributed by atoms with E-state index in [0.29, 0.717) is 0 Å². The van der Waals surface area contributed by atoms with E-state index in [4.69, 9.17) is 9.90 Å². The predicted molar refractivity (Wildman–Crippen MR) is 41.4 cm³/mol. The standard InChI is InChI=1S/C3H8S.C2HF3O2.H2O/c1-3-4-2;3-2(4,5)1(6)7;/h3H2,1-2H3;(H,6,7);1H2. The van der Waals surface area contributed by atoms with Gasteiger partial charge in [0.1, 0.15) is 0 Å². The Morgan fingerprint density at radius 1 is 1.50 bits per heavy atom. The van der Waals surface area contributed by atoms with Crippen LogP contribution in [0, 0.1) is 0 Å². The summed E-state index contributed by atoms with van der Waals surface area (Å²) in [5.74, 6) is -1.52. The molecule has 0 aromatic rings. The van der Waals surface area contributed by atoms with Gasteiger partial charge in [0.2, 0.25) is 0 Å². The summed E-state index contributed by atoms with van der Waals surface area (Å²) in [6.07, 6.45) is -2.99. The zero-order valence-electron chi connectivity index (χ0n) is 6.60. The van der Waals surface area contributed by atoms with E-state index in [2.05, 4.69) is 13.2 Å². The van der Waals surface area contributed by atoms with Gasteiger partial charge in [-0.3, -0.25) is 0 Å². The Kier molecular flexibility index (Phi) is 12.7. The number of thioether (sulfide) groups is 1. The van der Waals surface area contributed by atoms with Gasteiger partial charge in [0.15, 0.2) is 0 Å². The van der Waals surface area contributed by atoms with Crippen LogP contribution in [0.4, 0.5) is 13.2 Å². The van der Waals surface area contributed by atoms with Crippen molar-refractivity contribution in [3.8, 4) is 0 Å². The fraction of sp³-hybridized carbons (Fsp3) is 0.800. The summed E-state index contributed by atoms with van der Waals surface area (Å²) in [7, 11) is 0. The Morgan fingerprint density at radius 2 is 1.67 bits per heavy atom. The Morgan fingerprint density at radius 3 is 1.67 bits per heavy atom. The first-order valence-electron chi connectivity index (χ1n) is 2.65. The van der Waals surface area contributed by atoms with Crippen LogP contribution in [0.1, 0.15) is 6.92 Å². The first kappa shape index (κ1) is 17.6. The molecule has 0 atom stereocenters. The molecule has 0 saturated heterocycles. The number of carbonyl (C=O) groups is 1. The smallest absolute Gasteiger partial charge is 0.475 e. The minimum Gasteiger partial charge on any atom is -0.475 e. The van der Waals surface area contributed by atoms with Crippen molar-refractivity contribution < 1.29 is 28.5 Å². The van der Waals surface area contributed by atoms with Crippen molar-refractivity contribution in [1.29, 1.82) is 0 Å². The van der Waals surface area contributed by atoms with Crippen molar-refractivity contribution in [1.82, 2.24) is 0 Å². The van der Waals surface area contributed by atoms with E-state index in [1.807, 2.05) is 11.8 Å². The first-order chi connectivity index (χ1) is 4.86. The number of carboxylic acids is 1. The van der Waals surface area contributed by atoms with Crippen molar-refractivity contribution in [3.05, 3.63) is 0 Å². The Hall–Kier alpha value is -0.430. The molecule has 12 heavy (non-hydrogen) atoms. The van der Waals surface area contributed by atoms with E-state index in [1.54, 1.807) is 0 Å². The third-order valence-corrected chi connectivity index (χ3v) is 1.11. The number of alkyl halides is 3. The second-order valence-corrected chi connectivity index (χ2v) is 2.53. The summed E-state index contributed by atoms with van der Waals surface area (Å²) in [5.41, 5.74) is 0. The maximum Gasteiger partial charge on any atom is 0.490 e. The lowest BCUT2D eigenvalue weighted by molar-refractivity contribution is -0.192. The van der Waals surface area contributed by atoms with Crippen LogP contribution in [0.15, 0.2) is 0 Å². The van der Waals surface area contributed by atoms with Gasteiger partial charge in [-0.1, -0.05) is 6.92 Å². The summed E-state index contributed by atoms with van der Waals surface area (Å²) >= 11 is 1.86. The summed E-state index contributed by atoms with van der Waals surface area (Å²) < 4.78 is 31.7. The number of aliphatic carboxylic acids is 1. The molecule has 0 aromatic carbocycles. The van der Waals surface area contributed by atoms with Crippen LogP contribution in [0.25, 0.3) is 0 Å². The molecule has 0 aliphatic rings. The third-order valence-electron chi connectivity index (χ3n) is 0.531. The van der Waals surface area contributed by atoms with Gasteiger partial charge in [0, 0.05) is 0 Å². The van der Waals surface area contributed by atoms with Gasteiger partial charge < -0.3 is 10.6 Å². The minimum absolute atomic E-state index is 0. The van der Waals surface area contributed by atoms with E-state index < -0.39 is 12.1 Å². The first-order valence-corrected chi connectivity index (χ1v) is 4.04. The van der Waals surface area contributed by atoms with Crippen LogP contribution < -0.4 is 0 Å². The van der Waals surface area contributed by atoms with Crippen molar-refractivity contribution in [2.24, 2.45) is 0 Å². The van der Waals surface area contributed by atoms with Crippen LogP contribution in [0.2, 0.25) is 0 Å². The van der Waals surface area contributed by atoms with E-state index in [1.165, 1.54) is 5.75 Å². The fourth-order valence-corrected chi connectivity index (χ4v) is 0. The van der Waals surface area contributed by atoms with E-state index in [9.17, 15) is 13.2 Å². The lowest BCUT2D eigenvalue weighted by Crippen LogP contribution is -2.21. The van der Waals surface area contributed by atoms with Crippen LogP contribution in [0.5, 0.6) is 0 Å². The van der Waals surface area contributed by atoms with E-state index in [0.717, 1.165) is 0 Å². The molecule has 0 fully saturated rings. The van der Waals surface area contributed by atoms with Crippen molar-refractivity contribution in [2.45, 2.75) is 13.1 Å². The summed E-state index contributed by atoms with van der Waals surface area (Å²) in [6.45, 7) is 2.14. The highest BCUT2D eigenvalue weighted by atomic mass is 32.2. The maximum atomic E-state index is 10.6. The average molecular weight is 208 g/mol. The molecule has 0 saturated carbocycles. The normalized spacial score (nSPS) is 9.08. The van der Waals surface area contributed by atoms with E-state index >= 15 is 0 Å². The quantitative estimate of drug-likeness (QED) is 0.703. The van der Waals surface area contributed by atoms with E-state index in [-0.39, 0.29) is 5.48 Å². The SMILES string of the molecule is CCSC.O.O=C(O)C(F)(F)F. The Balaban J connectivity index is -0.000000142. The second-order valence-electron chi connectivity index (χ2n) is 1.38. The molecular weight excluding hydrogens is 197 g/mol. The second kappa shape index (κ2) is 8.66. The maximum absolute atomic E-state index is 10.6. The Bertz CT molecular complexity index is 113. The van der Waals surface area contributed by atoms with Crippen LogP contribution >= 0.6 is 11.8 Å². The molecule has 7 heteroatoms. The zero-order chi connectivity index (χ0) is 9.49. The Labute approximate surface area is 72.3 Å². The van der Waals surface area contributed by atoms with Crippen molar-refractivity contribution in [2.75, 3.05) is 12.0 Å². The number of halogens is 3. The highest BCUT2D eigenvalue weighted by molar-refractivity contribution is 7.98. The van der Waals surface area contributed by atoms with Crippen molar-refractivity contribution >= 4 is 17.7 Å². The largest absolute Gasteiger partial charge is 0.490 e. The van der Waals surface area contributed by atoms with Gasteiger partial charge in [-0.25, -0.2) is 4.79 Å². The van der Waals surface area contributed by atoms with Gasteiger partial charge in [-0.05, 0) is 12.0 Å². The third kappa shape index (κ3) is 16.3. The highest BCUT2D eigenvalue weighted by Crippen LogP contribution is 2.13. The fourth-order valence-electron chi connectivity index (χ4n) is 0. The number of hydrogen-bond acceptors (Lipinski definition) is 2. The summed E-state index contributed by atoms with van der Waals surface area (Å²) in [6, 6.07) is 0. The lowest BCUT2D eigenvalue weighted by Gasteiger charge is -1.93. The molecule has 0 aliphatic heterocycles. The minimum atomic E-state index is -5.08. The van der Waals surface area contributed by atoms with Gasteiger partial charge in [0.25, 0.3) is 0 Å². The van der Waals surface area contributed by atoms with Crippen molar-refractivity contribution in [3.63, 3.8) is 0 Å². The molecule has 0 aromatic heterocycles. The molecule has 0 rings (SSSR count). The van der Waals surface area contributed by atoms with Crippen LogP contribution in [-0.2, 0) is 4.79 Å².